The van der Waals surface area contributed by atoms with Crippen molar-refractivity contribution in [1.29, 1.82) is 0 Å². The Morgan fingerprint density at radius 1 is 1.56 bits per heavy atom. The topological polar surface area (TPSA) is 49.0 Å². The van der Waals surface area contributed by atoms with Crippen molar-refractivity contribution < 1.29 is 4.79 Å². The first kappa shape index (κ1) is 11.5. The lowest BCUT2D eigenvalue weighted by Crippen LogP contribution is -2.26. The predicted octanol–water partition coefficient (Wildman–Crippen LogP) is 2.02. The first-order valence-electron chi connectivity index (χ1n) is 5.49. The molecule has 88 valence electrons. The van der Waals surface area contributed by atoms with Crippen molar-refractivity contribution in [3.8, 4) is 0 Å². The van der Waals surface area contributed by atoms with Gasteiger partial charge in [-0.3, -0.25) is 9.89 Å². The van der Waals surface area contributed by atoms with Crippen LogP contribution in [-0.2, 0) is 17.9 Å². The van der Waals surface area contributed by atoms with Crippen LogP contribution in [0.4, 0.5) is 0 Å². The Labute approximate surface area is 99.8 Å². The molecule has 1 aliphatic heterocycles. The van der Waals surface area contributed by atoms with Gasteiger partial charge in [0.05, 0.1) is 18.8 Å². The third-order valence-electron chi connectivity index (χ3n) is 2.74. The van der Waals surface area contributed by atoms with Crippen LogP contribution in [0.5, 0.6) is 0 Å². The molecule has 0 unspecified atom stereocenters. The third-order valence-corrected chi connectivity index (χ3v) is 3.47. The van der Waals surface area contributed by atoms with E-state index in [0.717, 1.165) is 10.7 Å². The summed E-state index contributed by atoms with van der Waals surface area (Å²) in [6, 6.07) is 0. The molecule has 1 aromatic rings. The number of thioether (sulfide) groups is 1. The highest BCUT2D eigenvalue weighted by Crippen LogP contribution is 2.29. The number of nitrogens with zero attached hydrogens (tertiary/aromatic N) is 2. The molecular weight excluding hydrogens is 222 g/mol. The Morgan fingerprint density at radius 3 is 2.94 bits per heavy atom. The van der Waals surface area contributed by atoms with Gasteiger partial charge in [0, 0.05) is 12.0 Å². The molecule has 0 fully saturated rings. The second-order valence-corrected chi connectivity index (χ2v) is 5.33. The Hall–Kier alpha value is -0.970. The SMILES string of the molecule is CSc1n[nH]c2c1CN(C(=O)CC(C)C)C2. The van der Waals surface area contributed by atoms with Crippen LogP contribution in [0, 0.1) is 5.92 Å². The van der Waals surface area contributed by atoms with Crippen LogP contribution < -0.4 is 0 Å². The largest absolute Gasteiger partial charge is 0.332 e. The quantitative estimate of drug-likeness (QED) is 0.821. The molecule has 0 spiro atoms. The van der Waals surface area contributed by atoms with E-state index >= 15 is 0 Å². The molecule has 1 N–H and O–H groups in total. The average Bonchev–Trinajstić information content (AvgIpc) is 2.74. The zero-order valence-corrected chi connectivity index (χ0v) is 10.7. The number of H-pyrrole nitrogens is 1. The molecule has 4 nitrogen and oxygen atoms in total. The van der Waals surface area contributed by atoms with Gasteiger partial charge in [-0.2, -0.15) is 5.10 Å². The molecule has 0 atom stereocenters. The molecule has 16 heavy (non-hydrogen) atoms. The normalized spacial score (nSPS) is 14.6. The van der Waals surface area contributed by atoms with Crippen molar-refractivity contribution in [1.82, 2.24) is 15.1 Å². The molecule has 2 rings (SSSR count). The molecule has 1 aromatic heterocycles. The highest BCUT2D eigenvalue weighted by atomic mass is 32.2. The summed E-state index contributed by atoms with van der Waals surface area (Å²) in [5.74, 6) is 0.663. The summed E-state index contributed by atoms with van der Waals surface area (Å²) in [6.45, 7) is 5.55. The Balaban J connectivity index is 2.05. The van der Waals surface area contributed by atoms with Crippen LogP contribution in [0.15, 0.2) is 5.03 Å². The molecule has 1 aliphatic rings. The summed E-state index contributed by atoms with van der Waals surface area (Å²) in [6.07, 6.45) is 2.64. The van der Waals surface area contributed by atoms with E-state index in [1.807, 2.05) is 11.2 Å². The van der Waals surface area contributed by atoms with E-state index in [4.69, 9.17) is 0 Å². The van der Waals surface area contributed by atoms with Gasteiger partial charge < -0.3 is 4.90 Å². The van der Waals surface area contributed by atoms with Crippen LogP contribution in [0.25, 0.3) is 0 Å². The highest BCUT2D eigenvalue weighted by Gasteiger charge is 2.27. The van der Waals surface area contributed by atoms with Crippen LogP contribution in [0.1, 0.15) is 31.5 Å². The first-order valence-corrected chi connectivity index (χ1v) is 6.72. The van der Waals surface area contributed by atoms with E-state index in [0.29, 0.717) is 25.4 Å². The van der Waals surface area contributed by atoms with Crippen LogP contribution >= 0.6 is 11.8 Å². The summed E-state index contributed by atoms with van der Waals surface area (Å²) >= 11 is 1.63. The smallest absolute Gasteiger partial charge is 0.223 e. The molecule has 0 aliphatic carbocycles. The Morgan fingerprint density at radius 2 is 2.31 bits per heavy atom. The van der Waals surface area contributed by atoms with E-state index < -0.39 is 0 Å². The van der Waals surface area contributed by atoms with E-state index in [1.165, 1.54) is 5.56 Å². The third kappa shape index (κ3) is 2.09. The van der Waals surface area contributed by atoms with Crippen LogP contribution in [-0.4, -0.2) is 27.3 Å². The average molecular weight is 239 g/mol. The first-order chi connectivity index (χ1) is 7.61. The standard InChI is InChI=1S/C11H17N3OS/c1-7(2)4-10(15)14-5-8-9(6-14)12-13-11(8)16-3/h7H,4-6H2,1-3H3,(H,12,13). The van der Waals surface area contributed by atoms with Crippen molar-refractivity contribution in [2.45, 2.75) is 38.4 Å². The van der Waals surface area contributed by atoms with Gasteiger partial charge in [0.2, 0.25) is 5.91 Å². The number of nitrogens with one attached hydrogen (secondary N) is 1. The van der Waals surface area contributed by atoms with Gasteiger partial charge in [-0.25, -0.2) is 0 Å². The predicted molar refractivity (Wildman–Crippen MR) is 64.1 cm³/mol. The minimum Gasteiger partial charge on any atom is -0.332 e. The minimum absolute atomic E-state index is 0.242. The van der Waals surface area contributed by atoms with E-state index in [-0.39, 0.29) is 5.91 Å². The van der Waals surface area contributed by atoms with Gasteiger partial charge in [-0.1, -0.05) is 13.8 Å². The maximum atomic E-state index is 11.9. The lowest BCUT2D eigenvalue weighted by Gasteiger charge is -2.16. The summed E-state index contributed by atoms with van der Waals surface area (Å²) in [4.78, 5) is 13.8. The molecule has 0 saturated heterocycles. The van der Waals surface area contributed by atoms with Gasteiger partial charge in [0.15, 0.2) is 0 Å². The van der Waals surface area contributed by atoms with E-state index in [2.05, 4.69) is 24.0 Å². The molecule has 2 heterocycles. The number of carbonyl (C=O) groups excluding carboxylic acids is 1. The van der Waals surface area contributed by atoms with Gasteiger partial charge in [-0.15, -0.1) is 11.8 Å². The van der Waals surface area contributed by atoms with Gasteiger partial charge in [0.1, 0.15) is 5.03 Å². The fourth-order valence-corrected chi connectivity index (χ4v) is 2.51. The Bertz CT molecular complexity index is 400. The highest BCUT2D eigenvalue weighted by molar-refractivity contribution is 7.98. The fraction of sp³-hybridized carbons (Fsp3) is 0.636. The molecular formula is C11H17N3OS. The van der Waals surface area contributed by atoms with Crippen LogP contribution in [0.3, 0.4) is 0 Å². The van der Waals surface area contributed by atoms with Gasteiger partial charge in [-0.05, 0) is 12.2 Å². The molecule has 1 amide bonds. The Kier molecular flexibility index (Phi) is 3.23. The zero-order valence-electron chi connectivity index (χ0n) is 9.91. The number of hydrogen-bond donors (Lipinski definition) is 1. The van der Waals surface area contributed by atoms with Crippen molar-refractivity contribution in [2.75, 3.05) is 6.26 Å². The number of rotatable bonds is 3. The van der Waals surface area contributed by atoms with Crippen LogP contribution in [0.2, 0.25) is 0 Å². The van der Waals surface area contributed by atoms with Gasteiger partial charge >= 0.3 is 0 Å². The number of aromatic nitrogens is 2. The van der Waals surface area contributed by atoms with Gasteiger partial charge in [0.25, 0.3) is 0 Å². The van der Waals surface area contributed by atoms with Crippen molar-refractivity contribution >= 4 is 17.7 Å². The maximum Gasteiger partial charge on any atom is 0.223 e. The summed E-state index contributed by atoms with van der Waals surface area (Å²) < 4.78 is 0. The monoisotopic (exact) mass is 239 g/mol. The zero-order chi connectivity index (χ0) is 11.7. The lowest BCUT2D eigenvalue weighted by atomic mass is 10.1. The number of aromatic amines is 1. The number of carbonyl (C=O) groups is 1. The second kappa shape index (κ2) is 4.49. The molecule has 0 radical (unpaired) electrons. The number of fused-ring (bicyclic) bond motifs is 1. The molecule has 5 heteroatoms. The van der Waals surface area contributed by atoms with Crippen molar-refractivity contribution in [3.05, 3.63) is 11.3 Å². The minimum atomic E-state index is 0.242. The number of amides is 1. The number of hydrogen-bond acceptors (Lipinski definition) is 3. The van der Waals surface area contributed by atoms with E-state index in [9.17, 15) is 4.79 Å². The van der Waals surface area contributed by atoms with E-state index in [1.54, 1.807) is 11.8 Å². The van der Waals surface area contributed by atoms with Crippen molar-refractivity contribution in [3.63, 3.8) is 0 Å². The summed E-state index contributed by atoms with van der Waals surface area (Å²) in [5.41, 5.74) is 2.30. The van der Waals surface area contributed by atoms with Crippen molar-refractivity contribution in [2.24, 2.45) is 5.92 Å². The molecule has 0 saturated carbocycles. The summed E-state index contributed by atoms with van der Waals surface area (Å²) in [7, 11) is 0. The maximum absolute atomic E-state index is 11.9. The lowest BCUT2D eigenvalue weighted by molar-refractivity contribution is -0.132. The second-order valence-electron chi connectivity index (χ2n) is 4.54. The fourth-order valence-electron chi connectivity index (χ4n) is 1.94. The molecule has 0 bridgehead atoms. The summed E-state index contributed by atoms with van der Waals surface area (Å²) in [5, 5.41) is 8.24. The molecule has 0 aromatic carbocycles.